The summed E-state index contributed by atoms with van der Waals surface area (Å²) < 4.78 is 4.87. The van der Waals surface area contributed by atoms with Crippen LogP contribution in [0.25, 0.3) is 0 Å². The van der Waals surface area contributed by atoms with E-state index >= 15 is 0 Å². The molecule has 0 saturated heterocycles. The topological polar surface area (TPSA) is 49.7 Å². The maximum absolute atomic E-state index is 8.89. The number of hydrogen-bond acceptors (Lipinski definition) is 3. The second-order valence-electron chi connectivity index (χ2n) is 2.10. The Morgan fingerprint density at radius 3 is 2.33 bits per heavy atom. The minimum atomic E-state index is -1.53. The van der Waals surface area contributed by atoms with Crippen molar-refractivity contribution in [3.8, 4) is 0 Å². The Morgan fingerprint density at radius 1 is 1.50 bits per heavy atom. The van der Waals surface area contributed by atoms with E-state index in [1.165, 1.54) is 13.2 Å². The summed E-state index contributed by atoms with van der Waals surface area (Å²) >= 11 is 0. The predicted molar refractivity (Wildman–Crippen MR) is 49.2 cm³/mol. The molecule has 0 heterocycles. The molecule has 66 valence electrons. The molecule has 4 heteroatoms. The third-order valence-corrected chi connectivity index (χ3v) is 1.31. The highest BCUT2D eigenvalue weighted by atomic mass is 16.5. The van der Waals surface area contributed by atoms with Gasteiger partial charge in [0.15, 0.2) is 0 Å². The SMILES string of the molecule is C=C/C(OC)=C(\C=C/C)B(O)O. The van der Waals surface area contributed by atoms with Crippen LogP contribution in [0.1, 0.15) is 6.92 Å². The molecule has 0 aromatic heterocycles. The molecule has 0 bridgehead atoms. The van der Waals surface area contributed by atoms with Gasteiger partial charge in [-0.1, -0.05) is 18.7 Å². The third kappa shape index (κ3) is 2.94. The van der Waals surface area contributed by atoms with E-state index in [4.69, 9.17) is 14.8 Å². The zero-order valence-electron chi connectivity index (χ0n) is 7.32. The monoisotopic (exact) mass is 168 g/mol. The van der Waals surface area contributed by atoms with E-state index in [2.05, 4.69) is 6.58 Å². The summed E-state index contributed by atoms with van der Waals surface area (Å²) in [4.78, 5) is 0. The zero-order chi connectivity index (χ0) is 9.56. The summed E-state index contributed by atoms with van der Waals surface area (Å²) in [5, 5.41) is 17.8. The zero-order valence-corrected chi connectivity index (χ0v) is 7.32. The summed E-state index contributed by atoms with van der Waals surface area (Å²) in [6.07, 6.45) is 4.68. The molecule has 0 fully saturated rings. The van der Waals surface area contributed by atoms with Crippen molar-refractivity contribution < 1.29 is 14.8 Å². The first-order chi connectivity index (χ1) is 5.67. The van der Waals surface area contributed by atoms with Gasteiger partial charge in [0.25, 0.3) is 0 Å². The van der Waals surface area contributed by atoms with E-state index < -0.39 is 7.12 Å². The number of rotatable bonds is 4. The Morgan fingerprint density at radius 2 is 2.08 bits per heavy atom. The predicted octanol–water partition coefficient (Wildman–Crippen LogP) is 0.661. The van der Waals surface area contributed by atoms with Gasteiger partial charge >= 0.3 is 7.12 Å². The van der Waals surface area contributed by atoms with Crippen LogP contribution < -0.4 is 0 Å². The van der Waals surface area contributed by atoms with E-state index in [9.17, 15) is 0 Å². The van der Waals surface area contributed by atoms with Crippen molar-refractivity contribution in [2.75, 3.05) is 7.11 Å². The van der Waals surface area contributed by atoms with Crippen LogP contribution in [0.15, 0.2) is 36.0 Å². The highest BCUT2D eigenvalue weighted by Gasteiger charge is 2.15. The molecule has 0 spiro atoms. The molecule has 0 aliphatic rings. The number of methoxy groups -OCH3 is 1. The fourth-order valence-corrected chi connectivity index (χ4v) is 0.794. The van der Waals surface area contributed by atoms with Crippen molar-refractivity contribution in [2.45, 2.75) is 6.92 Å². The van der Waals surface area contributed by atoms with E-state index in [-0.39, 0.29) is 0 Å². The lowest BCUT2D eigenvalue weighted by molar-refractivity contribution is 0.302. The molecule has 12 heavy (non-hydrogen) atoms. The standard InChI is InChI=1S/C8H13BO3/c1-4-6-7(9(10)11)8(5-2)12-3/h4-6,10-11H,2H2,1,3H3/b6-4-,8-7-. The molecule has 2 N–H and O–H groups in total. The van der Waals surface area contributed by atoms with Gasteiger partial charge in [0.05, 0.1) is 7.11 Å². The molecule has 3 nitrogen and oxygen atoms in total. The Balaban J connectivity index is 4.88. The molecule has 0 amide bonds. The van der Waals surface area contributed by atoms with Crippen molar-refractivity contribution in [1.82, 2.24) is 0 Å². The van der Waals surface area contributed by atoms with Gasteiger partial charge in [-0.2, -0.15) is 0 Å². The van der Waals surface area contributed by atoms with E-state index in [1.807, 2.05) is 0 Å². The first-order valence-electron chi connectivity index (χ1n) is 3.56. The first-order valence-corrected chi connectivity index (χ1v) is 3.56. The minimum absolute atomic E-state index is 0.301. The van der Waals surface area contributed by atoms with Crippen LogP contribution in [0, 0.1) is 0 Å². The molecule has 0 aliphatic carbocycles. The largest absolute Gasteiger partial charge is 0.497 e. The second kappa shape index (κ2) is 5.63. The van der Waals surface area contributed by atoms with Crippen molar-refractivity contribution in [1.29, 1.82) is 0 Å². The number of allylic oxidation sites excluding steroid dienone is 4. The van der Waals surface area contributed by atoms with Crippen LogP contribution in [-0.4, -0.2) is 24.3 Å². The fraction of sp³-hybridized carbons (Fsp3) is 0.250. The van der Waals surface area contributed by atoms with Gasteiger partial charge in [0, 0.05) is 5.47 Å². The average molecular weight is 168 g/mol. The van der Waals surface area contributed by atoms with Crippen LogP contribution in [0.4, 0.5) is 0 Å². The maximum atomic E-state index is 8.89. The van der Waals surface area contributed by atoms with Gasteiger partial charge in [-0.25, -0.2) is 0 Å². The summed E-state index contributed by atoms with van der Waals surface area (Å²) in [5.74, 6) is 0.364. The van der Waals surface area contributed by atoms with Crippen LogP contribution in [0.2, 0.25) is 0 Å². The van der Waals surface area contributed by atoms with Crippen LogP contribution in [0.5, 0.6) is 0 Å². The highest BCUT2D eigenvalue weighted by Crippen LogP contribution is 2.09. The quantitative estimate of drug-likeness (QED) is 0.368. The molecule has 0 aliphatic heterocycles. The first kappa shape index (κ1) is 11.0. The number of ether oxygens (including phenoxy) is 1. The molecular weight excluding hydrogens is 155 g/mol. The van der Waals surface area contributed by atoms with Crippen LogP contribution in [-0.2, 0) is 4.74 Å². The summed E-state index contributed by atoms with van der Waals surface area (Å²) in [5.41, 5.74) is 0.301. The molecular formula is C8H13BO3. The smallest absolute Gasteiger partial charge is 0.492 e. The Labute approximate surface area is 72.8 Å². The Bertz CT molecular complexity index is 206. The van der Waals surface area contributed by atoms with Crippen molar-refractivity contribution in [3.63, 3.8) is 0 Å². The lowest BCUT2D eigenvalue weighted by Crippen LogP contribution is -2.16. The van der Waals surface area contributed by atoms with Gasteiger partial charge in [0.2, 0.25) is 0 Å². The lowest BCUT2D eigenvalue weighted by Gasteiger charge is -2.06. The highest BCUT2D eigenvalue weighted by molar-refractivity contribution is 6.52. The minimum Gasteiger partial charge on any atom is -0.497 e. The van der Waals surface area contributed by atoms with Gasteiger partial charge < -0.3 is 14.8 Å². The molecule has 0 unspecified atom stereocenters. The van der Waals surface area contributed by atoms with E-state index in [0.717, 1.165) is 0 Å². The normalized spacial score (nSPS) is 12.7. The van der Waals surface area contributed by atoms with Crippen molar-refractivity contribution in [2.24, 2.45) is 0 Å². The van der Waals surface area contributed by atoms with Crippen LogP contribution in [0.3, 0.4) is 0 Å². The molecule has 0 saturated carbocycles. The third-order valence-electron chi connectivity index (χ3n) is 1.31. The van der Waals surface area contributed by atoms with Crippen molar-refractivity contribution in [3.05, 3.63) is 36.0 Å². The van der Waals surface area contributed by atoms with E-state index in [0.29, 0.717) is 11.2 Å². The maximum Gasteiger partial charge on any atom is 0.492 e. The summed E-state index contributed by atoms with van der Waals surface area (Å²) in [6, 6.07) is 0. The Hall–Kier alpha value is -0.995. The van der Waals surface area contributed by atoms with Gasteiger partial charge in [0.1, 0.15) is 5.76 Å². The summed E-state index contributed by atoms with van der Waals surface area (Å²) in [6.45, 7) is 5.25. The van der Waals surface area contributed by atoms with Crippen LogP contribution >= 0.6 is 0 Å². The number of hydrogen-bond donors (Lipinski definition) is 2. The molecule has 0 rings (SSSR count). The second-order valence-corrected chi connectivity index (χ2v) is 2.10. The van der Waals surface area contributed by atoms with Gasteiger partial charge in [-0.15, -0.1) is 0 Å². The molecule has 0 aromatic carbocycles. The van der Waals surface area contributed by atoms with E-state index in [1.54, 1.807) is 19.1 Å². The van der Waals surface area contributed by atoms with Gasteiger partial charge in [-0.05, 0) is 13.0 Å². The molecule has 0 aromatic rings. The molecule has 0 radical (unpaired) electrons. The Kier molecular flexibility index (Phi) is 5.16. The average Bonchev–Trinajstić information content (AvgIpc) is 2.05. The fourth-order valence-electron chi connectivity index (χ4n) is 0.794. The van der Waals surface area contributed by atoms with Gasteiger partial charge in [-0.3, -0.25) is 0 Å². The summed E-state index contributed by atoms with van der Waals surface area (Å²) in [7, 11) is -0.0859. The lowest BCUT2D eigenvalue weighted by atomic mass is 9.78. The van der Waals surface area contributed by atoms with Crippen molar-refractivity contribution >= 4 is 7.12 Å². The molecule has 0 atom stereocenters.